The second-order valence-corrected chi connectivity index (χ2v) is 3.73. The third-order valence-corrected chi connectivity index (χ3v) is 2.04. The second kappa shape index (κ2) is 3.65. The van der Waals surface area contributed by atoms with E-state index in [1.54, 1.807) is 0 Å². The maximum atomic E-state index is 11.2. The molecule has 0 aromatic rings. The van der Waals surface area contributed by atoms with Crippen LogP contribution in [-0.4, -0.2) is 11.6 Å². The molecule has 0 aromatic carbocycles. The minimum absolute atomic E-state index is 0.0532. The van der Waals surface area contributed by atoms with Gasteiger partial charge in [-0.1, -0.05) is 13.8 Å². The number of ketones is 2. The fraction of sp³-hybridized carbons (Fsp3) is 0.600. The normalized spacial score (nSPS) is 23.8. The van der Waals surface area contributed by atoms with Crippen LogP contribution in [0.4, 0.5) is 0 Å². The van der Waals surface area contributed by atoms with Crippen LogP contribution in [-0.2, 0) is 9.59 Å². The third kappa shape index (κ3) is 2.29. The third-order valence-electron chi connectivity index (χ3n) is 2.04. The Labute approximate surface area is 72.7 Å². The number of carbonyl (C=O) groups excluding carboxylic acids is 2. The average molecular weight is 166 g/mol. The molecule has 1 rings (SSSR count). The largest absolute Gasteiger partial charge is 0.295 e. The second-order valence-electron chi connectivity index (χ2n) is 3.73. The Kier molecular flexibility index (Phi) is 2.79. The van der Waals surface area contributed by atoms with E-state index < -0.39 is 0 Å². The van der Waals surface area contributed by atoms with Crippen LogP contribution in [0.3, 0.4) is 0 Å². The minimum atomic E-state index is -0.0532. The number of carbonyl (C=O) groups is 2. The van der Waals surface area contributed by atoms with Gasteiger partial charge in [-0.25, -0.2) is 0 Å². The molecule has 1 aliphatic carbocycles. The van der Waals surface area contributed by atoms with Crippen molar-refractivity contribution in [2.45, 2.75) is 26.7 Å². The summed E-state index contributed by atoms with van der Waals surface area (Å²) >= 11 is 0. The van der Waals surface area contributed by atoms with Crippen LogP contribution in [0, 0.1) is 11.8 Å². The lowest BCUT2D eigenvalue weighted by Crippen LogP contribution is -2.21. The molecule has 0 saturated heterocycles. The van der Waals surface area contributed by atoms with Crippen molar-refractivity contribution in [3.63, 3.8) is 0 Å². The molecular weight excluding hydrogens is 152 g/mol. The number of hydrogen-bond acceptors (Lipinski definition) is 2. The molecule has 0 heterocycles. The van der Waals surface area contributed by atoms with Gasteiger partial charge in [0.15, 0.2) is 11.6 Å². The molecule has 0 amide bonds. The van der Waals surface area contributed by atoms with E-state index >= 15 is 0 Å². The highest BCUT2D eigenvalue weighted by Gasteiger charge is 2.23. The van der Waals surface area contributed by atoms with Gasteiger partial charge in [-0.2, -0.15) is 0 Å². The summed E-state index contributed by atoms with van der Waals surface area (Å²) in [5, 5.41) is 0. The van der Waals surface area contributed by atoms with Gasteiger partial charge < -0.3 is 0 Å². The highest BCUT2D eigenvalue weighted by atomic mass is 16.1. The quantitative estimate of drug-likeness (QED) is 0.626. The van der Waals surface area contributed by atoms with Crippen LogP contribution in [0.15, 0.2) is 12.2 Å². The van der Waals surface area contributed by atoms with E-state index in [9.17, 15) is 9.59 Å². The van der Waals surface area contributed by atoms with Crippen molar-refractivity contribution in [1.82, 2.24) is 0 Å². The van der Waals surface area contributed by atoms with Crippen molar-refractivity contribution < 1.29 is 9.59 Å². The minimum Gasteiger partial charge on any atom is -0.295 e. The molecule has 1 atom stereocenters. The van der Waals surface area contributed by atoms with Crippen molar-refractivity contribution in [2.24, 2.45) is 11.8 Å². The average Bonchev–Trinajstić information content (AvgIpc) is 1.96. The Bertz CT molecular complexity index is 226. The fourth-order valence-electron chi connectivity index (χ4n) is 1.49. The summed E-state index contributed by atoms with van der Waals surface area (Å²) in [5.41, 5.74) is 0. The fourth-order valence-corrected chi connectivity index (χ4v) is 1.49. The Morgan fingerprint density at radius 1 is 1.42 bits per heavy atom. The van der Waals surface area contributed by atoms with Crippen LogP contribution in [0.25, 0.3) is 0 Å². The van der Waals surface area contributed by atoms with Crippen molar-refractivity contribution in [1.29, 1.82) is 0 Å². The van der Waals surface area contributed by atoms with Crippen LogP contribution >= 0.6 is 0 Å². The van der Waals surface area contributed by atoms with Crippen LogP contribution < -0.4 is 0 Å². The van der Waals surface area contributed by atoms with Gasteiger partial charge in [-0.3, -0.25) is 9.59 Å². The summed E-state index contributed by atoms with van der Waals surface area (Å²) in [7, 11) is 0. The molecule has 0 aliphatic heterocycles. The summed E-state index contributed by atoms with van der Waals surface area (Å²) in [6.07, 6.45) is 4.04. The zero-order valence-electron chi connectivity index (χ0n) is 7.54. The molecule has 0 fully saturated rings. The van der Waals surface area contributed by atoms with Gasteiger partial charge in [0.25, 0.3) is 0 Å². The molecule has 2 heteroatoms. The lowest BCUT2D eigenvalue weighted by atomic mass is 9.86. The lowest BCUT2D eigenvalue weighted by molar-refractivity contribution is -0.125. The molecule has 0 saturated carbocycles. The van der Waals surface area contributed by atoms with E-state index in [2.05, 4.69) is 13.8 Å². The molecule has 0 aromatic heterocycles. The summed E-state index contributed by atoms with van der Waals surface area (Å²) in [6, 6.07) is 0. The van der Waals surface area contributed by atoms with E-state index in [0.717, 1.165) is 6.42 Å². The Hall–Kier alpha value is -0.920. The first-order valence-electron chi connectivity index (χ1n) is 4.34. The summed E-state index contributed by atoms with van der Waals surface area (Å²) < 4.78 is 0. The number of rotatable bonds is 2. The van der Waals surface area contributed by atoms with Crippen LogP contribution in [0.1, 0.15) is 26.7 Å². The van der Waals surface area contributed by atoms with Gasteiger partial charge in [-0.15, -0.1) is 0 Å². The molecule has 66 valence electrons. The van der Waals surface area contributed by atoms with Crippen molar-refractivity contribution in [2.75, 3.05) is 0 Å². The standard InChI is InChI=1S/C10H14O2/c1-7(2)5-8-6-9(11)3-4-10(8)12/h3-4,7-8H,5-6H2,1-2H3. The van der Waals surface area contributed by atoms with Crippen molar-refractivity contribution in [3.05, 3.63) is 12.2 Å². The topological polar surface area (TPSA) is 34.1 Å². The lowest BCUT2D eigenvalue weighted by Gasteiger charge is -2.17. The number of hydrogen-bond donors (Lipinski definition) is 0. The van der Waals surface area contributed by atoms with Gasteiger partial charge >= 0.3 is 0 Å². The zero-order valence-corrected chi connectivity index (χ0v) is 7.54. The van der Waals surface area contributed by atoms with Gasteiger partial charge in [0.2, 0.25) is 0 Å². The van der Waals surface area contributed by atoms with E-state index in [4.69, 9.17) is 0 Å². The Morgan fingerprint density at radius 2 is 2.08 bits per heavy atom. The van der Waals surface area contributed by atoms with E-state index in [1.165, 1.54) is 12.2 Å². The molecule has 0 radical (unpaired) electrons. The highest BCUT2D eigenvalue weighted by Crippen LogP contribution is 2.20. The van der Waals surface area contributed by atoms with Gasteiger partial charge in [-0.05, 0) is 24.5 Å². The zero-order chi connectivity index (χ0) is 9.14. The molecule has 2 nitrogen and oxygen atoms in total. The predicted octanol–water partition coefficient (Wildman–Crippen LogP) is 1.75. The molecular formula is C10H14O2. The SMILES string of the molecule is CC(C)CC1CC(=O)C=CC1=O. The maximum absolute atomic E-state index is 11.2. The van der Waals surface area contributed by atoms with Crippen molar-refractivity contribution >= 4 is 11.6 Å². The van der Waals surface area contributed by atoms with Crippen LogP contribution in [0.2, 0.25) is 0 Å². The van der Waals surface area contributed by atoms with Gasteiger partial charge in [0.05, 0.1) is 0 Å². The monoisotopic (exact) mass is 166 g/mol. The molecule has 0 bridgehead atoms. The Morgan fingerprint density at radius 3 is 2.67 bits per heavy atom. The smallest absolute Gasteiger partial charge is 0.159 e. The van der Waals surface area contributed by atoms with E-state index in [1.807, 2.05) is 0 Å². The molecule has 1 unspecified atom stereocenters. The first kappa shape index (κ1) is 9.17. The predicted molar refractivity (Wildman–Crippen MR) is 46.7 cm³/mol. The molecule has 0 spiro atoms. The van der Waals surface area contributed by atoms with E-state index in [-0.39, 0.29) is 17.5 Å². The van der Waals surface area contributed by atoms with E-state index in [0.29, 0.717) is 12.3 Å². The molecule has 1 aliphatic rings. The number of allylic oxidation sites excluding steroid dienone is 2. The highest BCUT2D eigenvalue weighted by molar-refractivity contribution is 6.05. The summed E-state index contributed by atoms with van der Waals surface area (Å²) in [5.74, 6) is 0.629. The van der Waals surface area contributed by atoms with Crippen LogP contribution in [0.5, 0.6) is 0 Å². The van der Waals surface area contributed by atoms with Gasteiger partial charge in [0.1, 0.15) is 0 Å². The maximum Gasteiger partial charge on any atom is 0.159 e. The summed E-state index contributed by atoms with van der Waals surface area (Å²) in [6.45, 7) is 4.13. The van der Waals surface area contributed by atoms with Gasteiger partial charge in [0, 0.05) is 12.3 Å². The molecule has 12 heavy (non-hydrogen) atoms. The molecule has 0 N–H and O–H groups in total. The first-order valence-corrected chi connectivity index (χ1v) is 4.34. The van der Waals surface area contributed by atoms with Crippen molar-refractivity contribution in [3.8, 4) is 0 Å². The first-order chi connectivity index (χ1) is 5.59. The Balaban J connectivity index is 2.60. The summed E-state index contributed by atoms with van der Waals surface area (Å²) in [4.78, 5) is 22.2.